The molecule has 7 heteroatoms. The molecule has 0 saturated heterocycles. The van der Waals surface area contributed by atoms with Crippen molar-refractivity contribution in [3.05, 3.63) is 34.1 Å². The maximum Gasteiger partial charge on any atom is 0.415 e. The van der Waals surface area contributed by atoms with E-state index in [2.05, 4.69) is 6.92 Å². The number of anilines is 1. The van der Waals surface area contributed by atoms with Gasteiger partial charge in [-0.2, -0.15) is 0 Å². The van der Waals surface area contributed by atoms with Crippen LogP contribution in [0.15, 0.2) is 23.0 Å². The Labute approximate surface area is 190 Å². The smallest absolute Gasteiger partial charge is 0.415 e. The summed E-state index contributed by atoms with van der Waals surface area (Å²) >= 11 is 0. The molecule has 1 aromatic carbocycles. The van der Waals surface area contributed by atoms with Crippen molar-refractivity contribution in [1.82, 2.24) is 4.57 Å². The van der Waals surface area contributed by atoms with E-state index in [0.717, 1.165) is 12.8 Å². The van der Waals surface area contributed by atoms with Crippen LogP contribution in [0.5, 0.6) is 5.75 Å². The van der Waals surface area contributed by atoms with E-state index < -0.39 is 11.7 Å². The molecule has 0 aliphatic carbocycles. The number of amides is 1. The molecule has 2 aromatic rings. The van der Waals surface area contributed by atoms with Crippen LogP contribution in [0.2, 0.25) is 0 Å². The van der Waals surface area contributed by atoms with Gasteiger partial charge in [0.2, 0.25) is 0 Å². The second-order valence-electron chi connectivity index (χ2n) is 10.4. The van der Waals surface area contributed by atoms with Gasteiger partial charge in [0.15, 0.2) is 11.6 Å². The Kier molecular flexibility index (Phi) is 7.99. The van der Waals surface area contributed by atoms with Gasteiger partial charge in [-0.15, -0.1) is 0 Å². The van der Waals surface area contributed by atoms with E-state index in [1.807, 2.05) is 20.8 Å². The number of carbonyl (C=O) groups is 1. The highest BCUT2D eigenvalue weighted by Crippen LogP contribution is 2.37. The second kappa shape index (κ2) is 9.94. The summed E-state index contributed by atoms with van der Waals surface area (Å²) in [7, 11) is 1.59. The number of unbranched alkanes of at least 4 members (excludes halogenated alkanes) is 1. The van der Waals surface area contributed by atoms with E-state index in [4.69, 9.17) is 9.47 Å². The largest absolute Gasteiger partial charge is 0.489 e. The van der Waals surface area contributed by atoms with Crippen LogP contribution in [-0.4, -0.2) is 35.0 Å². The minimum Gasteiger partial charge on any atom is -0.489 e. The topological polar surface area (TPSA) is 81.0 Å². The molecule has 0 bridgehead atoms. The zero-order valence-corrected chi connectivity index (χ0v) is 20.7. The van der Waals surface area contributed by atoms with E-state index >= 15 is 0 Å². The lowest BCUT2D eigenvalue weighted by Gasteiger charge is -2.30. The number of nitrogens with zero attached hydrogens (tertiary/aromatic N) is 2. The maximum atomic E-state index is 13.6. The van der Waals surface area contributed by atoms with Crippen molar-refractivity contribution in [2.24, 2.45) is 5.41 Å². The van der Waals surface area contributed by atoms with Crippen molar-refractivity contribution < 1.29 is 19.4 Å². The van der Waals surface area contributed by atoms with Gasteiger partial charge < -0.3 is 14.6 Å². The molecule has 1 N–H and O–H groups in total. The third-order valence-electron chi connectivity index (χ3n) is 4.81. The number of aliphatic hydroxyl groups is 1. The summed E-state index contributed by atoms with van der Waals surface area (Å²) < 4.78 is 13.4. The standard InChI is InChI=1S/C25H38N2O5/c1-9-10-13-31-20-19-14-17(15-28)11-12-18(19)22(29)27(16-24(2,3)4)21(20)26(8)23(30)32-25(5,6)7/h11-12,14,28H,9-10,13,15-16H2,1-8H3. The van der Waals surface area contributed by atoms with Crippen molar-refractivity contribution in [3.63, 3.8) is 0 Å². The Morgan fingerprint density at radius 3 is 2.31 bits per heavy atom. The fourth-order valence-electron chi connectivity index (χ4n) is 3.38. The van der Waals surface area contributed by atoms with Crippen LogP contribution in [0.1, 0.15) is 66.9 Å². The van der Waals surface area contributed by atoms with Gasteiger partial charge in [-0.05, 0) is 50.3 Å². The average Bonchev–Trinajstić information content (AvgIpc) is 2.68. The molecule has 0 radical (unpaired) electrons. The van der Waals surface area contributed by atoms with Crippen LogP contribution < -0.4 is 15.2 Å². The van der Waals surface area contributed by atoms with Crippen molar-refractivity contribution in [1.29, 1.82) is 0 Å². The number of ether oxygens (including phenoxy) is 2. The van der Waals surface area contributed by atoms with Gasteiger partial charge >= 0.3 is 6.09 Å². The van der Waals surface area contributed by atoms with Crippen molar-refractivity contribution in [2.75, 3.05) is 18.6 Å². The van der Waals surface area contributed by atoms with Crippen LogP contribution in [0.4, 0.5) is 10.6 Å². The fraction of sp³-hybridized carbons (Fsp3) is 0.600. The van der Waals surface area contributed by atoms with Crippen LogP contribution in [0.25, 0.3) is 10.8 Å². The number of rotatable bonds is 7. The SMILES string of the molecule is CCCCOc1c(N(C)C(=O)OC(C)(C)C)n(CC(C)(C)C)c(=O)c2ccc(CO)cc12. The summed E-state index contributed by atoms with van der Waals surface area (Å²) in [4.78, 5) is 28.0. The first kappa shape index (κ1) is 25.7. The number of aliphatic hydroxyl groups excluding tert-OH is 1. The summed E-state index contributed by atoms with van der Waals surface area (Å²) in [5.41, 5.74) is -0.471. The number of carbonyl (C=O) groups excluding carboxylic acids is 1. The molecule has 0 fully saturated rings. The third-order valence-corrected chi connectivity index (χ3v) is 4.81. The Morgan fingerprint density at radius 1 is 1.12 bits per heavy atom. The lowest BCUT2D eigenvalue weighted by atomic mass is 9.96. The summed E-state index contributed by atoms with van der Waals surface area (Å²) in [6.07, 6.45) is 1.20. The van der Waals surface area contributed by atoms with Gasteiger partial charge in [0.05, 0.1) is 18.6 Å². The van der Waals surface area contributed by atoms with Crippen molar-refractivity contribution >= 4 is 22.7 Å². The van der Waals surface area contributed by atoms with Crippen LogP contribution in [0.3, 0.4) is 0 Å². The summed E-state index contributed by atoms with van der Waals surface area (Å²) in [6, 6.07) is 5.20. The van der Waals surface area contributed by atoms with E-state index in [1.54, 1.807) is 50.6 Å². The van der Waals surface area contributed by atoms with Gasteiger partial charge in [-0.25, -0.2) is 4.79 Å². The summed E-state index contributed by atoms with van der Waals surface area (Å²) in [6.45, 7) is 14.2. The van der Waals surface area contributed by atoms with Gasteiger partial charge in [0.1, 0.15) is 5.60 Å². The lowest BCUT2D eigenvalue weighted by Crippen LogP contribution is -2.39. The predicted molar refractivity (Wildman–Crippen MR) is 129 cm³/mol. The van der Waals surface area contributed by atoms with Crippen LogP contribution in [0, 0.1) is 5.41 Å². The molecular formula is C25H38N2O5. The highest BCUT2D eigenvalue weighted by molar-refractivity contribution is 5.97. The Hall–Kier alpha value is -2.54. The normalized spacial score (nSPS) is 12.2. The monoisotopic (exact) mass is 446 g/mol. The molecule has 32 heavy (non-hydrogen) atoms. The molecule has 0 saturated carbocycles. The quantitative estimate of drug-likeness (QED) is 0.599. The van der Waals surface area contributed by atoms with E-state index in [1.165, 1.54) is 4.90 Å². The predicted octanol–water partition coefficient (Wildman–Crippen LogP) is 5.09. The fourth-order valence-corrected chi connectivity index (χ4v) is 3.38. The van der Waals surface area contributed by atoms with E-state index in [9.17, 15) is 14.7 Å². The minimum atomic E-state index is -0.690. The molecule has 0 unspecified atom stereocenters. The molecule has 0 atom stereocenters. The van der Waals surface area contributed by atoms with Gasteiger partial charge in [-0.1, -0.05) is 40.2 Å². The van der Waals surface area contributed by atoms with Crippen molar-refractivity contribution in [2.45, 2.75) is 80.1 Å². The number of benzene rings is 1. The number of pyridine rings is 1. The third kappa shape index (κ3) is 6.25. The first-order chi connectivity index (χ1) is 14.8. The summed E-state index contributed by atoms with van der Waals surface area (Å²) in [5, 5.41) is 10.7. The van der Waals surface area contributed by atoms with Crippen LogP contribution in [-0.2, 0) is 17.9 Å². The molecule has 1 aromatic heterocycles. The highest BCUT2D eigenvalue weighted by Gasteiger charge is 2.29. The van der Waals surface area contributed by atoms with Crippen LogP contribution >= 0.6 is 0 Å². The number of fused-ring (bicyclic) bond motifs is 1. The zero-order valence-electron chi connectivity index (χ0n) is 20.7. The summed E-state index contributed by atoms with van der Waals surface area (Å²) in [5.74, 6) is 0.804. The van der Waals surface area contributed by atoms with Gasteiger partial charge in [0, 0.05) is 19.0 Å². The van der Waals surface area contributed by atoms with Crippen molar-refractivity contribution in [3.8, 4) is 5.75 Å². The molecule has 178 valence electrons. The Balaban J connectivity index is 2.87. The van der Waals surface area contributed by atoms with Gasteiger partial charge in [0.25, 0.3) is 5.56 Å². The second-order valence-corrected chi connectivity index (χ2v) is 10.4. The molecule has 0 aliphatic rings. The van der Waals surface area contributed by atoms with E-state index in [-0.39, 0.29) is 17.6 Å². The first-order valence-electron chi connectivity index (χ1n) is 11.2. The van der Waals surface area contributed by atoms with E-state index in [0.29, 0.717) is 41.1 Å². The molecule has 1 heterocycles. The first-order valence-corrected chi connectivity index (χ1v) is 11.2. The average molecular weight is 447 g/mol. The molecule has 0 spiro atoms. The number of hydrogen-bond acceptors (Lipinski definition) is 5. The number of aromatic nitrogens is 1. The maximum absolute atomic E-state index is 13.6. The Bertz CT molecular complexity index is 1010. The minimum absolute atomic E-state index is 0.160. The molecule has 0 aliphatic heterocycles. The van der Waals surface area contributed by atoms with Gasteiger partial charge in [-0.3, -0.25) is 14.3 Å². The number of hydrogen-bond donors (Lipinski definition) is 1. The molecule has 7 nitrogen and oxygen atoms in total. The molecular weight excluding hydrogens is 408 g/mol. The molecule has 2 rings (SSSR count). The Morgan fingerprint density at radius 2 is 1.78 bits per heavy atom. The lowest BCUT2D eigenvalue weighted by molar-refractivity contribution is 0.0585. The molecule has 1 amide bonds. The highest BCUT2D eigenvalue weighted by atomic mass is 16.6. The zero-order chi connectivity index (χ0) is 24.3.